The summed E-state index contributed by atoms with van der Waals surface area (Å²) in [7, 11) is 0. The average Bonchev–Trinajstić information content (AvgIpc) is 2.52. The van der Waals surface area contributed by atoms with Gasteiger partial charge in [0.05, 0.1) is 0 Å². The summed E-state index contributed by atoms with van der Waals surface area (Å²) < 4.78 is 4.85. The Balaban J connectivity index is 2.27. The SMILES string of the molecule is Cc1noc(CCNC(=O)C#CBr)n1. The first-order valence-electron chi connectivity index (χ1n) is 3.91. The molecule has 0 aliphatic carbocycles. The maximum atomic E-state index is 10.9. The molecule has 1 aromatic rings. The Morgan fingerprint density at radius 2 is 2.50 bits per heavy atom. The van der Waals surface area contributed by atoms with Crippen LogP contribution in [0.25, 0.3) is 0 Å². The molecule has 74 valence electrons. The van der Waals surface area contributed by atoms with Gasteiger partial charge in [0, 0.05) is 34.8 Å². The summed E-state index contributed by atoms with van der Waals surface area (Å²) in [6, 6.07) is 0. The second-order valence-electron chi connectivity index (χ2n) is 2.46. The van der Waals surface area contributed by atoms with E-state index in [1.807, 2.05) is 0 Å². The van der Waals surface area contributed by atoms with E-state index in [0.717, 1.165) is 0 Å². The van der Waals surface area contributed by atoms with E-state index in [0.29, 0.717) is 24.7 Å². The van der Waals surface area contributed by atoms with Crippen molar-refractivity contribution in [2.24, 2.45) is 0 Å². The van der Waals surface area contributed by atoms with E-state index in [9.17, 15) is 4.79 Å². The highest BCUT2D eigenvalue weighted by Gasteiger charge is 2.02. The first kappa shape index (κ1) is 10.7. The van der Waals surface area contributed by atoms with Crippen molar-refractivity contribution < 1.29 is 9.32 Å². The summed E-state index contributed by atoms with van der Waals surface area (Å²) in [6.45, 7) is 2.17. The van der Waals surface area contributed by atoms with Crippen molar-refractivity contribution in [1.82, 2.24) is 15.5 Å². The summed E-state index contributed by atoms with van der Waals surface area (Å²) in [6.07, 6.45) is 0.510. The van der Waals surface area contributed by atoms with Crippen LogP contribution in [0, 0.1) is 17.7 Å². The van der Waals surface area contributed by atoms with Crippen LogP contribution in [0.1, 0.15) is 11.7 Å². The third-order valence-corrected chi connectivity index (χ3v) is 1.55. The van der Waals surface area contributed by atoms with Crippen LogP contribution in [-0.2, 0) is 11.2 Å². The zero-order valence-corrected chi connectivity index (χ0v) is 9.09. The fraction of sp³-hybridized carbons (Fsp3) is 0.375. The number of aromatic nitrogens is 2. The molecule has 0 aliphatic heterocycles. The van der Waals surface area contributed by atoms with E-state index in [2.05, 4.69) is 42.1 Å². The topological polar surface area (TPSA) is 68.0 Å². The summed E-state index contributed by atoms with van der Waals surface area (Å²) in [5, 5.41) is 6.19. The summed E-state index contributed by atoms with van der Waals surface area (Å²) >= 11 is 2.83. The highest BCUT2D eigenvalue weighted by molar-refractivity contribution is 9.12. The summed E-state index contributed by atoms with van der Waals surface area (Å²) in [5.41, 5.74) is 0. The smallest absolute Gasteiger partial charge is 0.296 e. The number of carbonyl (C=O) groups excluding carboxylic acids is 1. The number of hydrogen-bond donors (Lipinski definition) is 1. The van der Waals surface area contributed by atoms with Gasteiger partial charge in [-0.25, -0.2) is 0 Å². The van der Waals surface area contributed by atoms with Crippen LogP contribution in [0.3, 0.4) is 0 Å². The summed E-state index contributed by atoms with van der Waals surface area (Å²) in [4.78, 5) is 17.2. The fourth-order valence-electron chi connectivity index (χ4n) is 0.812. The number of carbonyl (C=O) groups is 1. The lowest BCUT2D eigenvalue weighted by molar-refractivity contribution is -0.115. The van der Waals surface area contributed by atoms with E-state index in [-0.39, 0.29) is 5.91 Å². The molecule has 6 heteroatoms. The third kappa shape index (κ3) is 3.58. The number of aryl methyl sites for hydroxylation is 1. The van der Waals surface area contributed by atoms with Crippen LogP contribution >= 0.6 is 15.9 Å². The van der Waals surface area contributed by atoms with Gasteiger partial charge in [-0.3, -0.25) is 4.79 Å². The lowest BCUT2D eigenvalue weighted by Crippen LogP contribution is -2.23. The lowest BCUT2D eigenvalue weighted by atomic mass is 10.4. The molecular formula is C8H8BrN3O2. The molecule has 0 saturated carbocycles. The van der Waals surface area contributed by atoms with E-state index in [4.69, 9.17) is 4.52 Å². The zero-order chi connectivity index (χ0) is 10.4. The van der Waals surface area contributed by atoms with Gasteiger partial charge in [0.15, 0.2) is 5.82 Å². The molecule has 0 spiro atoms. The molecule has 0 aliphatic rings. The molecule has 0 atom stereocenters. The van der Waals surface area contributed by atoms with Gasteiger partial charge in [0.2, 0.25) is 5.89 Å². The fourth-order valence-corrected chi connectivity index (χ4v) is 0.992. The molecule has 1 amide bonds. The Bertz CT molecular complexity index is 377. The van der Waals surface area contributed by atoms with Crippen LogP contribution in [0.4, 0.5) is 0 Å². The van der Waals surface area contributed by atoms with Crippen molar-refractivity contribution in [3.63, 3.8) is 0 Å². The Morgan fingerprint density at radius 1 is 1.71 bits per heavy atom. The number of hydrogen-bond acceptors (Lipinski definition) is 4. The molecule has 0 bridgehead atoms. The van der Waals surface area contributed by atoms with Gasteiger partial charge in [-0.2, -0.15) is 4.98 Å². The van der Waals surface area contributed by atoms with Crippen molar-refractivity contribution in [2.75, 3.05) is 6.54 Å². The normalized spacial score (nSPS) is 9.00. The van der Waals surface area contributed by atoms with Crippen molar-refractivity contribution in [2.45, 2.75) is 13.3 Å². The predicted molar refractivity (Wildman–Crippen MR) is 52.5 cm³/mol. The van der Waals surface area contributed by atoms with Crippen LogP contribution in [0.2, 0.25) is 0 Å². The van der Waals surface area contributed by atoms with Crippen LogP contribution < -0.4 is 5.32 Å². The average molecular weight is 258 g/mol. The molecular weight excluding hydrogens is 250 g/mol. The zero-order valence-electron chi connectivity index (χ0n) is 7.50. The van der Waals surface area contributed by atoms with E-state index >= 15 is 0 Å². The highest BCUT2D eigenvalue weighted by atomic mass is 79.9. The number of halogens is 1. The Labute approximate surface area is 89.4 Å². The Hall–Kier alpha value is -1.35. The molecule has 1 rings (SSSR count). The van der Waals surface area contributed by atoms with Crippen molar-refractivity contribution in [3.05, 3.63) is 11.7 Å². The molecule has 5 nitrogen and oxygen atoms in total. The van der Waals surface area contributed by atoms with Gasteiger partial charge >= 0.3 is 0 Å². The molecule has 0 fully saturated rings. The minimum atomic E-state index is -0.335. The quantitative estimate of drug-likeness (QED) is 0.796. The van der Waals surface area contributed by atoms with Gasteiger partial charge in [0.25, 0.3) is 5.91 Å². The molecule has 0 radical (unpaired) electrons. The second-order valence-corrected chi connectivity index (χ2v) is 2.86. The van der Waals surface area contributed by atoms with Crippen LogP contribution in [-0.4, -0.2) is 22.6 Å². The predicted octanol–water partition coefficient (Wildman–Crippen LogP) is 0.393. The van der Waals surface area contributed by atoms with Gasteiger partial charge in [-0.05, 0) is 11.8 Å². The second kappa shape index (κ2) is 5.40. The highest BCUT2D eigenvalue weighted by Crippen LogP contribution is 1.95. The van der Waals surface area contributed by atoms with E-state index in [1.165, 1.54) is 0 Å². The summed E-state index contributed by atoms with van der Waals surface area (Å²) in [5.74, 6) is 3.05. The minimum Gasteiger partial charge on any atom is -0.345 e. The number of rotatable bonds is 3. The largest absolute Gasteiger partial charge is 0.345 e. The van der Waals surface area contributed by atoms with Gasteiger partial charge < -0.3 is 9.84 Å². The first-order valence-corrected chi connectivity index (χ1v) is 4.70. The first-order chi connectivity index (χ1) is 6.72. The maximum absolute atomic E-state index is 10.9. The van der Waals surface area contributed by atoms with Crippen molar-refractivity contribution in [1.29, 1.82) is 0 Å². The lowest BCUT2D eigenvalue weighted by Gasteiger charge is -1.95. The van der Waals surface area contributed by atoms with Crippen molar-refractivity contribution in [3.8, 4) is 10.8 Å². The molecule has 0 unspecified atom stereocenters. The number of nitrogens with zero attached hydrogens (tertiary/aromatic N) is 2. The Morgan fingerprint density at radius 3 is 3.07 bits per heavy atom. The molecule has 0 aromatic carbocycles. The van der Waals surface area contributed by atoms with Gasteiger partial charge in [-0.15, -0.1) is 0 Å². The Kier molecular flexibility index (Phi) is 4.13. The van der Waals surface area contributed by atoms with E-state index in [1.54, 1.807) is 6.92 Å². The minimum absolute atomic E-state index is 0.335. The van der Waals surface area contributed by atoms with Crippen LogP contribution in [0.15, 0.2) is 4.52 Å². The molecule has 14 heavy (non-hydrogen) atoms. The number of amides is 1. The maximum Gasteiger partial charge on any atom is 0.296 e. The van der Waals surface area contributed by atoms with E-state index < -0.39 is 0 Å². The molecule has 1 heterocycles. The third-order valence-electron chi connectivity index (χ3n) is 1.35. The molecule has 0 saturated heterocycles. The van der Waals surface area contributed by atoms with Gasteiger partial charge in [0.1, 0.15) is 0 Å². The monoisotopic (exact) mass is 257 g/mol. The molecule has 1 N–H and O–H groups in total. The van der Waals surface area contributed by atoms with Crippen molar-refractivity contribution >= 4 is 21.8 Å². The number of nitrogens with one attached hydrogen (secondary N) is 1. The standard InChI is InChI=1S/C8H8BrN3O2/c1-6-11-8(14-12-6)3-5-10-7(13)2-4-9/h3,5H2,1H3,(H,10,13). The van der Waals surface area contributed by atoms with Crippen LogP contribution in [0.5, 0.6) is 0 Å². The van der Waals surface area contributed by atoms with Gasteiger partial charge in [-0.1, -0.05) is 5.16 Å². The molecule has 1 aromatic heterocycles.